The maximum atomic E-state index is 6.44. The van der Waals surface area contributed by atoms with Crippen LogP contribution in [0.15, 0.2) is 259 Å². The molecule has 13 rings (SSSR count). The zero-order chi connectivity index (χ0) is 45.0. The van der Waals surface area contributed by atoms with Gasteiger partial charge in [0.15, 0.2) is 5.82 Å². The highest BCUT2D eigenvalue weighted by Crippen LogP contribution is 2.59. The van der Waals surface area contributed by atoms with Crippen molar-refractivity contribution < 1.29 is 4.42 Å². The zero-order valence-electron chi connectivity index (χ0n) is 37.1. The molecule has 68 heavy (non-hydrogen) atoms. The molecule has 2 aromatic heterocycles. The molecule has 1 aliphatic carbocycles. The Morgan fingerprint density at radius 2 is 0.824 bits per heavy atom. The van der Waals surface area contributed by atoms with Gasteiger partial charge in [0.25, 0.3) is 0 Å². The molecule has 0 amide bonds. The summed E-state index contributed by atoms with van der Waals surface area (Å²) in [6.45, 7) is 0. The van der Waals surface area contributed by atoms with Gasteiger partial charge in [0.1, 0.15) is 11.2 Å². The summed E-state index contributed by atoms with van der Waals surface area (Å²) in [4.78, 5) is 10.7. The van der Waals surface area contributed by atoms with Crippen LogP contribution in [0.4, 0.5) is 0 Å². The smallest absolute Gasteiger partial charge is 0.160 e. The highest BCUT2D eigenvalue weighted by atomic mass is 16.3. The highest BCUT2D eigenvalue weighted by Gasteiger charge is 2.47. The van der Waals surface area contributed by atoms with E-state index in [0.29, 0.717) is 5.82 Å². The van der Waals surface area contributed by atoms with Crippen LogP contribution in [-0.4, -0.2) is 9.97 Å². The third-order valence-corrected chi connectivity index (χ3v) is 13.8. The maximum Gasteiger partial charge on any atom is 0.160 e. The van der Waals surface area contributed by atoms with Gasteiger partial charge < -0.3 is 4.42 Å². The molecule has 0 unspecified atom stereocenters. The molecule has 0 fully saturated rings. The van der Waals surface area contributed by atoms with E-state index in [1.54, 1.807) is 0 Å². The molecule has 0 N–H and O–H groups in total. The summed E-state index contributed by atoms with van der Waals surface area (Å²) < 4.78 is 6.44. The lowest BCUT2D eigenvalue weighted by Crippen LogP contribution is -2.29. The molecule has 0 spiro atoms. The molecule has 0 atom stereocenters. The maximum absolute atomic E-state index is 6.44. The first-order valence-corrected chi connectivity index (χ1v) is 23.2. The lowest BCUT2D eigenvalue weighted by atomic mass is 9.66. The molecule has 0 saturated carbocycles. The molecule has 1 aliphatic rings. The monoisotopic (exact) mass is 866 g/mol. The summed E-state index contributed by atoms with van der Waals surface area (Å²) in [5.74, 6) is 0.670. The van der Waals surface area contributed by atoms with Gasteiger partial charge in [-0.3, -0.25) is 0 Å². The van der Waals surface area contributed by atoms with Crippen LogP contribution in [0.3, 0.4) is 0 Å². The number of hydrogen-bond acceptors (Lipinski definition) is 3. The third-order valence-electron chi connectivity index (χ3n) is 13.8. The molecule has 12 aromatic rings. The van der Waals surface area contributed by atoms with Crippen molar-refractivity contribution in [1.82, 2.24) is 9.97 Å². The molecule has 0 saturated heterocycles. The van der Waals surface area contributed by atoms with Crippen LogP contribution in [0, 0.1) is 0 Å². The van der Waals surface area contributed by atoms with E-state index < -0.39 is 5.41 Å². The summed E-state index contributed by atoms with van der Waals surface area (Å²) in [5.41, 5.74) is 20.1. The van der Waals surface area contributed by atoms with Crippen molar-refractivity contribution in [1.29, 1.82) is 0 Å². The van der Waals surface area contributed by atoms with E-state index in [1.165, 1.54) is 38.9 Å². The molecule has 3 nitrogen and oxygen atoms in total. The fourth-order valence-corrected chi connectivity index (χ4v) is 10.7. The molecule has 10 aromatic carbocycles. The molecular weight excluding hydrogens is 825 g/mol. The van der Waals surface area contributed by atoms with Crippen molar-refractivity contribution in [3.05, 3.63) is 277 Å². The number of rotatable bonds is 8. The second-order valence-electron chi connectivity index (χ2n) is 17.6. The van der Waals surface area contributed by atoms with E-state index in [-0.39, 0.29) is 0 Å². The Bertz CT molecular complexity index is 3780. The predicted octanol–water partition coefficient (Wildman–Crippen LogP) is 16.7. The lowest BCUT2D eigenvalue weighted by Gasteiger charge is -2.35. The average molecular weight is 867 g/mol. The Hall–Kier alpha value is -8.92. The standard InChI is InChI=1S/C65H42N2O/c1-5-19-43(20-6-1)47-39-48(52-29-17-31-56-54-27-13-15-33-58(54)65(62(52)56,50-23-9-3-10-24-50)51-25-11-4-12-26-51)41-49(40-47)60-42-59(66-64(67-60)46-21-7-2-8-22-46)45-37-35-44(36-38-45)53-30-18-32-57-55-28-14-16-34-61(55)68-63(53)57/h1-42H. The van der Waals surface area contributed by atoms with Gasteiger partial charge in [-0.15, -0.1) is 0 Å². The van der Waals surface area contributed by atoms with Crippen molar-refractivity contribution in [2.24, 2.45) is 0 Å². The first-order valence-electron chi connectivity index (χ1n) is 23.2. The van der Waals surface area contributed by atoms with Gasteiger partial charge in [0, 0.05) is 33.0 Å². The highest BCUT2D eigenvalue weighted by molar-refractivity contribution is 6.09. The van der Waals surface area contributed by atoms with Crippen LogP contribution in [0.2, 0.25) is 0 Å². The predicted molar refractivity (Wildman–Crippen MR) is 279 cm³/mol. The quantitative estimate of drug-likeness (QED) is 0.153. The van der Waals surface area contributed by atoms with Crippen LogP contribution >= 0.6 is 0 Å². The topological polar surface area (TPSA) is 38.9 Å². The number of para-hydroxylation sites is 2. The molecule has 0 aliphatic heterocycles. The molecular formula is C65H42N2O. The minimum atomic E-state index is -0.571. The van der Waals surface area contributed by atoms with Gasteiger partial charge in [-0.05, 0) is 91.5 Å². The number of hydrogen-bond donors (Lipinski definition) is 0. The van der Waals surface area contributed by atoms with Gasteiger partial charge in [-0.2, -0.15) is 0 Å². The number of benzene rings is 10. The van der Waals surface area contributed by atoms with Crippen molar-refractivity contribution in [3.8, 4) is 78.4 Å². The number of nitrogens with zero attached hydrogens (tertiary/aromatic N) is 2. The second-order valence-corrected chi connectivity index (χ2v) is 17.6. The van der Waals surface area contributed by atoms with Crippen molar-refractivity contribution in [3.63, 3.8) is 0 Å². The Labute approximate surface area is 395 Å². The molecule has 0 bridgehead atoms. The van der Waals surface area contributed by atoms with Gasteiger partial charge in [-0.25, -0.2) is 9.97 Å². The summed E-state index contributed by atoms with van der Waals surface area (Å²) in [6.07, 6.45) is 0. The largest absolute Gasteiger partial charge is 0.455 e. The first kappa shape index (κ1) is 39.4. The lowest BCUT2D eigenvalue weighted by molar-refractivity contribution is 0.670. The molecule has 3 heteroatoms. The number of fused-ring (bicyclic) bond motifs is 6. The van der Waals surface area contributed by atoms with E-state index in [2.05, 4.69) is 224 Å². The molecule has 0 radical (unpaired) electrons. The summed E-state index contributed by atoms with van der Waals surface area (Å²) in [6, 6.07) is 91.3. The number of aromatic nitrogens is 2. The Balaban J connectivity index is 1.01. The summed E-state index contributed by atoms with van der Waals surface area (Å²) in [7, 11) is 0. The van der Waals surface area contributed by atoms with Crippen LogP contribution in [0.1, 0.15) is 22.3 Å². The minimum absolute atomic E-state index is 0.571. The Kier molecular flexibility index (Phi) is 9.40. The van der Waals surface area contributed by atoms with Crippen LogP contribution < -0.4 is 0 Å². The van der Waals surface area contributed by atoms with Crippen LogP contribution in [0.5, 0.6) is 0 Å². The Morgan fingerprint density at radius 3 is 1.56 bits per heavy atom. The number of furan rings is 1. The van der Waals surface area contributed by atoms with Crippen LogP contribution in [-0.2, 0) is 5.41 Å². The Morgan fingerprint density at radius 1 is 0.309 bits per heavy atom. The third kappa shape index (κ3) is 6.43. The SMILES string of the molecule is c1ccc(-c2cc(-c3cc(-c4ccc(-c5cccc6c5oc5ccccc56)cc4)nc(-c4ccccc4)n3)cc(-c3cccc4c3C(c3ccccc3)(c3ccccc3)c3ccccc3-4)c2)cc1. The van der Waals surface area contributed by atoms with Crippen LogP contribution in [0.25, 0.3) is 100 Å². The average Bonchev–Trinajstić information content (AvgIpc) is 3.96. The molecule has 2 heterocycles. The fourth-order valence-electron chi connectivity index (χ4n) is 10.7. The van der Waals surface area contributed by atoms with Gasteiger partial charge in [-0.1, -0.05) is 224 Å². The minimum Gasteiger partial charge on any atom is -0.455 e. The van der Waals surface area contributed by atoms with E-state index >= 15 is 0 Å². The fraction of sp³-hybridized carbons (Fsp3) is 0.0154. The van der Waals surface area contributed by atoms with E-state index in [9.17, 15) is 0 Å². The van der Waals surface area contributed by atoms with E-state index in [1.807, 2.05) is 30.3 Å². The normalized spacial score (nSPS) is 12.5. The van der Waals surface area contributed by atoms with E-state index in [4.69, 9.17) is 14.4 Å². The zero-order valence-corrected chi connectivity index (χ0v) is 37.1. The van der Waals surface area contributed by atoms with Crippen molar-refractivity contribution in [2.45, 2.75) is 5.41 Å². The van der Waals surface area contributed by atoms with Gasteiger partial charge in [0.2, 0.25) is 0 Å². The van der Waals surface area contributed by atoms with Crippen molar-refractivity contribution >= 4 is 21.9 Å². The molecule has 318 valence electrons. The summed E-state index contributed by atoms with van der Waals surface area (Å²) >= 11 is 0. The first-order chi connectivity index (χ1) is 33.7. The van der Waals surface area contributed by atoms with Crippen molar-refractivity contribution in [2.75, 3.05) is 0 Å². The second kappa shape index (κ2) is 16.2. The van der Waals surface area contributed by atoms with E-state index in [0.717, 1.165) is 77.8 Å². The van der Waals surface area contributed by atoms with Gasteiger partial charge >= 0.3 is 0 Å². The summed E-state index contributed by atoms with van der Waals surface area (Å²) in [5, 5.41) is 2.24. The van der Waals surface area contributed by atoms with Gasteiger partial charge in [0.05, 0.1) is 16.8 Å².